The van der Waals surface area contributed by atoms with Crippen LogP contribution in [0.15, 0.2) is 41.9 Å². The molecule has 9 heteroatoms. The van der Waals surface area contributed by atoms with Gasteiger partial charge in [-0.15, -0.1) is 0 Å². The molecule has 0 atom stereocenters. The summed E-state index contributed by atoms with van der Waals surface area (Å²) in [5.74, 6) is -0.464. The number of aryl methyl sites for hydroxylation is 1. The van der Waals surface area contributed by atoms with Crippen molar-refractivity contribution in [3.05, 3.63) is 42.6 Å². The van der Waals surface area contributed by atoms with Crippen LogP contribution in [0.1, 0.15) is 10.5 Å². The molecule has 2 heterocycles. The highest BCUT2D eigenvalue weighted by atomic mass is 32.2. The highest BCUT2D eigenvalue weighted by Crippen LogP contribution is 2.02. The third-order valence-electron chi connectivity index (χ3n) is 2.37. The van der Waals surface area contributed by atoms with Crippen LogP contribution in [-0.4, -0.2) is 35.5 Å². The van der Waals surface area contributed by atoms with E-state index in [0.717, 1.165) is 0 Å². The van der Waals surface area contributed by atoms with E-state index in [0.29, 0.717) is 0 Å². The van der Waals surface area contributed by atoms with Gasteiger partial charge in [0.25, 0.3) is 15.9 Å². The lowest BCUT2D eigenvalue weighted by Crippen LogP contribution is -2.37. The molecule has 8 nitrogen and oxygen atoms in total. The summed E-state index contributed by atoms with van der Waals surface area (Å²) in [6.07, 6.45) is 4.22. The molecule has 0 radical (unpaired) electrons. The fraction of sp³-hybridized carbons (Fsp3) is 0.182. The Labute approximate surface area is 115 Å². The quantitative estimate of drug-likeness (QED) is 0.722. The lowest BCUT2D eigenvalue weighted by atomic mass is 10.3. The van der Waals surface area contributed by atoms with E-state index < -0.39 is 15.9 Å². The smallest absolute Gasteiger partial charge is 0.270 e. The first-order valence-electron chi connectivity index (χ1n) is 5.66. The number of sulfonamides is 1. The van der Waals surface area contributed by atoms with Gasteiger partial charge in [-0.2, -0.15) is 4.72 Å². The number of rotatable bonds is 5. The second kappa shape index (κ2) is 5.80. The molecule has 0 aliphatic carbocycles. The van der Waals surface area contributed by atoms with Gasteiger partial charge in [-0.3, -0.25) is 9.78 Å². The first kappa shape index (κ1) is 14.2. The molecule has 0 aliphatic rings. The van der Waals surface area contributed by atoms with Gasteiger partial charge in [0.2, 0.25) is 0 Å². The van der Waals surface area contributed by atoms with Crippen molar-refractivity contribution in [1.82, 2.24) is 24.6 Å². The number of hydrogen-bond donors (Lipinski definition) is 2. The van der Waals surface area contributed by atoms with E-state index in [-0.39, 0.29) is 17.4 Å². The predicted molar refractivity (Wildman–Crippen MR) is 70.1 cm³/mol. The van der Waals surface area contributed by atoms with Crippen molar-refractivity contribution in [2.75, 3.05) is 6.67 Å². The Kier molecular flexibility index (Phi) is 4.11. The number of carbonyl (C=O) groups is 1. The normalized spacial score (nSPS) is 11.2. The van der Waals surface area contributed by atoms with Crippen molar-refractivity contribution in [2.24, 2.45) is 7.05 Å². The van der Waals surface area contributed by atoms with Crippen LogP contribution in [0.25, 0.3) is 0 Å². The second-order valence-electron chi connectivity index (χ2n) is 3.92. The average Bonchev–Trinajstić information content (AvgIpc) is 2.87. The molecular formula is C11H13N5O3S. The highest BCUT2D eigenvalue weighted by Gasteiger charge is 2.16. The van der Waals surface area contributed by atoms with Crippen LogP contribution in [0.5, 0.6) is 0 Å². The molecule has 106 valence electrons. The summed E-state index contributed by atoms with van der Waals surface area (Å²) in [5, 5.41) is 2.30. The SMILES string of the molecule is Cn1cnc(S(=O)(=O)NCNC(=O)c2ccccn2)c1. The molecule has 0 fully saturated rings. The van der Waals surface area contributed by atoms with E-state index >= 15 is 0 Å². The lowest BCUT2D eigenvalue weighted by Gasteiger charge is -2.06. The molecule has 0 saturated carbocycles. The van der Waals surface area contributed by atoms with Gasteiger partial charge in [-0.1, -0.05) is 6.07 Å². The van der Waals surface area contributed by atoms with Gasteiger partial charge in [0.1, 0.15) is 5.69 Å². The zero-order chi connectivity index (χ0) is 14.6. The lowest BCUT2D eigenvalue weighted by molar-refractivity contribution is 0.0948. The van der Waals surface area contributed by atoms with E-state index in [2.05, 4.69) is 20.0 Å². The largest absolute Gasteiger partial charge is 0.339 e. The Balaban J connectivity index is 1.92. The molecular weight excluding hydrogens is 282 g/mol. The fourth-order valence-corrected chi connectivity index (χ4v) is 2.30. The van der Waals surface area contributed by atoms with E-state index in [1.54, 1.807) is 19.2 Å². The molecule has 2 N–H and O–H groups in total. The van der Waals surface area contributed by atoms with Crippen molar-refractivity contribution in [2.45, 2.75) is 5.03 Å². The molecule has 0 aromatic carbocycles. The molecule has 2 rings (SSSR count). The maximum absolute atomic E-state index is 11.8. The minimum absolute atomic E-state index is 0.105. The van der Waals surface area contributed by atoms with Crippen LogP contribution in [0.2, 0.25) is 0 Å². The van der Waals surface area contributed by atoms with Gasteiger partial charge in [0, 0.05) is 19.4 Å². The molecule has 20 heavy (non-hydrogen) atoms. The Morgan fingerprint density at radius 3 is 2.75 bits per heavy atom. The summed E-state index contributed by atoms with van der Waals surface area (Å²) in [6, 6.07) is 4.88. The minimum atomic E-state index is -3.73. The third-order valence-corrected chi connectivity index (χ3v) is 3.65. The standard InChI is InChI=1S/C11H13N5O3S/c1-16-6-10(14-8-16)20(18,19)15-7-13-11(17)9-4-2-3-5-12-9/h2-6,8,15H,7H2,1H3,(H,13,17). The minimum Gasteiger partial charge on any atom is -0.339 e. The van der Waals surface area contributed by atoms with Crippen LogP contribution >= 0.6 is 0 Å². The monoisotopic (exact) mass is 295 g/mol. The summed E-state index contributed by atoms with van der Waals surface area (Å²) in [4.78, 5) is 19.2. The van der Waals surface area contributed by atoms with Crippen molar-refractivity contribution in [3.63, 3.8) is 0 Å². The molecule has 0 aliphatic heterocycles. The van der Waals surface area contributed by atoms with Gasteiger partial charge in [-0.25, -0.2) is 13.4 Å². The Morgan fingerprint density at radius 1 is 1.35 bits per heavy atom. The average molecular weight is 295 g/mol. The zero-order valence-electron chi connectivity index (χ0n) is 10.6. The van der Waals surface area contributed by atoms with Crippen LogP contribution in [0.3, 0.4) is 0 Å². The van der Waals surface area contributed by atoms with E-state index in [9.17, 15) is 13.2 Å². The maximum Gasteiger partial charge on any atom is 0.270 e. The first-order chi connectivity index (χ1) is 9.49. The number of nitrogens with zero attached hydrogens (tertiary/aromatic N) is 3. The van der Waals surface area contributed by atoms with Crippen LogP contribution < -0.4 is 10.0 Å². The Bertz CT molecular complexity index is 696. The molecule has 2 aromatic rings. The number of aromatic nitrogens is 3. The third kappa shape index (κ3) is 3.39. The molecule has 0 unspecified atom stereocenters. The Morgan fingerprint density at radius 2 is 2.15 bits per heavy atom. The van der Waals surface area contributed by atoms with Crippen molar-refractivity contribution >= 4 is 15.9 Å². The van der Waals surface area contributed by atoms with E-state index in [1.165, 1.54) is 29.4 Å². The zero-order valence-corrected chi connectivity index (χ0v) is 11.5. The van der Waals surface area contributed by atoms with Crippen LogP contribution in [0, 0.1) is 0 Å². The predicted octanol–water partition coefficient (Wildman–Crippen LogP) is -0.519. The Hall–Kier alpha value is -2.26. The molecule has 2 aromatic heterocycles. The summed E-state index contributed by atoms with van der Waals surface area (Å²) in [6.45, 7) is -0.242. The highest BCUT2D eigenvalue weighted by molar-refractivity contribution is 7.89. The number of imidazole rings is 1. The number of nitrogens with one attached hydrogen (secondary N) is 2. The van der Waals surface area contributed by atoms with Gasteiger partial charge < -0.3 is 9.88 Å². The molecule has 0 spiro atoms. The number of carbonyl (C=O) groups excluding carboxylic acids is 1. The fourth-order valence-electron chi connectivity index (χ4n) is 1.40. The second-order valence-corrected chi connectivity index (χ2v) is 5.64. The van der Waals surface area contributed by atoms with Crippen LogP contribution in [-0.2, 0) is 17.1 Å². The van der Waals surface area contributed by atoms with E-state index in [1.807, 2.05) is 0 Å². The van der Waals surface area contributed by atoms with Gasteiger partial charge in [-0.05, 0) is 12.1 Å². The maximum atomic E-state index is 11.8. The summed E-state index contributed by atoms with van der Waals surface area (Å²) in [7, 11) is -2.07. The molecule has 0 bridgehead atoms. The molecule has 0 saturated heterocycles. The summed E-state index contributed by atoms with van der Waals surface area (Å²) in [5.41, 5.74) is 0.213. The molecule has 1 amide bonds. The first-order valence-corrected chi connectivity index (χ1v) is 7.14. The van der Waals surface area contributed by atoms with Crippen molar-refractivity contribution in [3.8, 4) is 0 Å². The van der Waals surface area contributed by atoms with Crippen LogP contribution in [0.4, 0.5) is 0 Å². The summed E-state index contributed by atoms with van der Waals surface area (Å²) >= 11 is 0. The van der Waals surface area contributed by atoms with Crippen molar-refractivity contribution in [1.29, 1.82) is 0 Å². The van der Waals surface area contributed by atoms with Gasteiger partial charge in [0.15, 0.2) is 5.03 Å². The number of amides is 1. The number of hydrogen-bond acceptors (Lipinski definition) is 5. The van der Waals surface area contributed by atoms with E-state index in [4.69, 9.17) is 0 Å². The van der Waals surface area contributed by atoms with Gasteiger partial charge >= 0.3 is 0 Å². The number of pyridine rings is 1. The van der Waals surface area contributed by atoms with Crippen molar-refractivity contribution < 1.29 is 13.2 Å². The topological polar surface area (TPSA) is 106 Å². The van der Waals surface area contributed by atoms with Gasteiger partial charge in [0.05, 0.1) is 13.0 Å². The summed E-state index contributed by atoms with van der Waals surface area (Å²) < 4.78 is 27.4.